The molecule has 0 heterocycles. The summed E-state index contributed by atoms with van der Waals surface area (Å²) >= 11 is 0. The number of rotatable bonds is 5. The lowest BCUT2D eigenvalue weighted by molar-refractivity contribution is 0.102. The summed E-state index contributed by atoms with van der Waals surface area (Å²) in [6, 6.07) is 13.6. The predicted octanol–water partition coefficient (Wildman–Crippen LogP) is 3.96. The van der Waals surface area contributed by atoms with Crippen molar-refractivity contribution in [2.45, 2.75) is 26.9 Å². The quantitative estimate of drug-likeness (QED) is 0.902. The predicted molar refractivity (Wildman–Crippen MR) is 85.7 cm³/mol. The highest BCUT2D eigenvalue weighted by atomic mass is 16.5. The van der Waals surface area contributed by atoms with Gasteiger partial charge < -0.3 is 10.1 Å². The van der Waals surface area contributed by atoms with E-state index in [0.717, 1.165) is 28.8 Å². The third-order valence-corrected chi connectivity index (χ3v) is 3.48. The van der Waals surface area contributed by atoms with Crippen molar-refractivity contribution in [1.29, 1.82) is 0 Å². The van der Waals surface area contributed by atoms with Crippen LogP contribution in [0.3, 0.4) is 0 Å². The fourth-order valence-corrected chi connectivity index (χ4v) is 2.36. The molecule has 0 saturated carbocycles. The number of anilines is 1. The first-order valence-corrected chi connectivity index (χ1v) is 7.13. The molecular weight excluding hydrogens is 262 g/mol. The largest absolute Gasteiger partial charge is 0.380 e. The molecule has 0 aliphatic rings. The third kappa shape index (κ3) is 3.70. The molecule has 0 atom stereocenters. The van der Waals surface area contributed by atoms with Crippen LogP contribution in [0.1, 0.15) is 34.0 Å². The monoisotopic (exact) mass is 283 g/mol. The minimum atomic E-state index is -0.0862. The van der Waals surface area contributed by atoms with E-state index >= 15 is 0 Å². The van der Waals surface area contributed by atoms with Crippen LogP contribution in [-0.4, -0.2) is 13.0 Å². The second kappa shape index (κ2) is 7.04. The summed E-state index contributed by atoms with van der Waals surface area (Å²) in [4.78, 5) is 12.4. The van der Waals surface area contributed by atoms with Crippen molar-refractivity contribution in [2.24, 2.45) is 0 Å². The van der Waals surface area contributed by atoms with E-state index in [-0.39, 0.29) is 5.91 Å². The first-order chi connectivity index (χ1) is 10.2. The van der Waals surface area contributed by atoms with Gasteiger partial charge in [-0.3, -0.25) is 4.79 Å². The summed E-state index contributed by atoms with van der Waals surface area (Å²) in [5.41, 5.74) is 4.79. The van der Waals surface area contributed by atoms with Crippen LogP contribution in [0.2, 0.25) is 0 Å². The molecule has 0 unspecified atom stereocenters. The van der Waals surface area contributed by atoms with E-state index in [1.54, 1.807) is 7.11 Å². The summed E-state index contributed by atoms with van der Waals surface area (Å²) in [5.74, 6) is -0.0862. The van der Waals surface area contributed by atoms with Gasteiger partial charge >= 0.3 is 0 Å². The lowest BCUT2D eigenvalue weighted by Gasteiger charge is -2.13. The van der Waals surface area contributed by atoms with Crippen molar-refractivity contribution >= 4 is 11.6 Å². The molecule has 0 radical (unpaired) electrons. The number of carbonyl (C=O) groups excluding carboxylic acids is 1. The summed E-state index contributed by atoms with van der Waals surface area (Å²) in [7, 11) is 1.65. The van der Waals surface area contributed by atoms with Crippen LogP contribution >= 0.6 is 0 Å². The number of carbonyl (C=O) groups is 1. The van der Waals surface area contributed by atoms with Gasteiger partial charge in [0.2, 0.25) is 0 Å². The normalized spacial score (nSPS) is 10.4. The number of benzene rings is 2. The lowest BCUT2D eigenvalue weighted by atomic mass is 10.0. The molecule has 0 bridgehead atoms. The van der Waals surface area contributed by atoms with Crippen LogP contribution in [0, 0.1) is 6.92 Å². The Kier molecular flexibility index (Phi) is 5.12. The molecule has 2 rings (SSSR count). The van der Waals surface area contributed by atoms with E-state index in [9.17, 15) is 4.79 Å². The third-order valence-electron chi connectivity index (χ3n) is 3.48. The van der Waals surface area contributed by atoms with Crippen molar-refractivity contribution in [3.63, 3.8) is 0 Å². The Morgan fingerprint density at radius 1 is 1.19 bits per heavy atom. The molecule has 0 aliphatic carbocycles. The standard InChI is InChI=1S/C18H21NO2/c1-4-15-9-5-7-13(2)17(15)19-18(20)16-10-6-8-14(11-16)12-21-3/h5-11H,4,12H2,1-3H3,(H,19,20). The van der Waals surface area contributed by atoms with Gasteiger partial charge in [-0.25, -0.2) is 0 Å². The summed E-state index contributed by atoms with van der Waals surface area (Å²) in [5, 5.41) is 3.04. The van der Waals surface area contributed by atoms with Gasteiger partial charge in [0.1, 0.15) is 0 Å². The molecule has 2 aromatic rings. The molecule has 110 valence electrons. The van der Waals surface area contributed by atoms with Crippen LogP contribution in [0.15, 0.2) is 42.5 Å². The Balaban J connectivity index is 2.24. The SMILES string of the molecule is CCc1cccc(C)c1NC(=O)c1cccc(COC)c1. The molecular formula is C18H21NO2. The van der Waals surface area contributed by atoms with Crippen molar-refractivity contribution in [3.8, 4) is 0 Å². The minimum absolute atomic E-state index is 0.0862. The second-order valence-corrected chi connectivity index (χ2v) is 5.05. The Hall–Kier alpha value is -2.13. The van der Waals surface area contributed by atoms with Gasteiger partial charge in [-0.1, -0.05) is 37.3 Å². The molecule has 1 amide bonds. The molecule has 0 aliphatic heterocycles. The van der Waals surface area contributed by atoms with Crippen LogP contribution in [0.4, 0.5) is 5.69 Å². The maximum Gasteiger partial charge on any atom is 0.255 e. The fourth-order valence-electron chi connectivity index (χ4n) is 2.36. The van der Waals surface area contributed by atoms with Gasteiger partial charge in [-0.15, -0.1) is 0 Å². The number of amides is 1. The number of aryl methyl sites for hydroxylation is 2. The number of para-hydroxylation sites is 1. The van der Waals surface area contributed by atoms with Gasteiger partial charge in [0.05, 0.1) is 6.61 Å². The molecule has 3 nitrogen and oxygen atoms in total. The van der Waals surface area contributed by atoms with E-state index in [1.165, 1.54) is 0 Å². The van der Waals surface area contributed by atoms with Crippen molar-refractivity contribution in [1.82, 2.24) is 0 Å². The Labute approximate surface area is 126 Å². The average molecular weight is 283 g/mol. The summed E-state index contributed by atoms with van der Waals surface area (Å²) in [6.07, 6.45) is 0.890. The lowest BCUT2D eigenvalue weighted by Crippen LogP contribution is -2.14. The highest BCUT2D eigenvalue weighted by Gasteiger charge is 2.11. The van der Waals surface area contributed by atoms with Crippen LogP contribution < -0.4 is 5.32 Å². The highest BCUT2D eigenvalue weighted by Crippen LogP contribution is 2.22. The molecule has 21 heavy (non-hydrogen) atoms. The number of ether oxygens (including phenoxy) is 1. The molecule has 0 aromatic heterocycles. The van der Waals surface area contributed by atoms with Gasteiger partial charge in [0.15, 0.2) is 0 Å². The van der Waals surface area contributed by atoms with Crippen molar-refractivity contribution < 1.29 is 9.53 Å². The summed E-state index contributed by atoms with van der Waals surface area (Å²) < 4.78 is 5.10. The van der Waals surface area contributed by atoms with Crippen molar-refractivity contribution in [3.05, 3.63) is 64.7 Å². The maximum absolute atomic E-state index is 12.4. The highest BCUT2D eigenvalue weighted by molar-refractivity contribution is 6.05. The molecule has 0 spiro atoms. The first kappa shape index (κ1) is 15.3. The van der Waals surface area contributed by atoms with E-state index in [2.05, 4.69) is 12.2 Å². The molecule has 1 N–H and O–H groups in total. The van der Waals surface area contributed by atoms with Crippen molar-refractivity contribution in [2.75, 3.05) is 12.4 Å². The molecule has 0 fully saturated rings. The fraction of sp³-hybridized carbons (Fsp3) is 0.278. The van der Waals surface area contributed by atoms with Crippen LogP contribution in [0.25, 0.3) is 0 Å². The van der Waals surface area contributed by atoms with E-state index in [0.29, 0.717) is 12.2 Å². The van der Waals surface area contributed by atoms with Gasteiger partial charge in [0, 0.05) is 18.4 Å². The zero-order valence-electron chi connectivity index (χ0n) is 12.8. The first-order valence-electron chi connectivity index (χ1n) is 7.13. The number of methoxy groups -OCH3 is 1. The summed E-state index contributed by atoms with van der Waals surface area (Å²) in [6.45, 7) is 4.60. The number of hydrogen-bond donors (Lipinski definition) is 1. The number of hydrogen-bond acceptors (Lipinski definition) is 2. The van der Waals surface area contributed by atoms with Gasteiger partial charge in [-0.2, -0.15) is 0 Å². The molecule has 2 aromatic carbocycles. The van der Waals surface area contributed by atoms with E-state index in [4.69, 9.17) is 4.74 Å². The van der Waals surface area contributed by atoms with E-state index < -0.39 is 0 Å². The van der Waals surface area contributed by atoms with Crippen LogP contribution in [0.5, 0.6) is 0 Å². The zero-order chi connectivity index (χ0) is 15.2. The van der Waals surface area contributed by atoms with Gasteiger partial charge in [0.25, 0.3) is 5.91 Å². The minimum Gasteiger partial charge on any atom is -0.380 e. The molecule has 3 heteroatoms. The Morgan fingerprint density at radius 2 is 1.95 bits per heavy atom. The Bertz CT molecular complexity index is 635. The number of nitrogens with one attached hydrogen (secondary N) is 1. The maximum atomic E-state index is 12.4. The smallest absolute Gasteiger partial charge is 0.255 e. The molecule has 0 saturated heterocycles. The van der Waals surface area contributed by atoms with Crippen LogP contribution in [-0.2, 0) is 17.8 Å². The van der Waals surface area contributed by atoms with E-state index in [1.807, 2.05) is 49.4 Å². The second-order valence-electron chi connectivity index (χ2n) is 5.05. The Morgan fingerprint density at radius 3 is 2.67 bits per heavy atom. The zero-order valence-corrected chi connectivity index (χ0v) is 12.8. The van der Waals surface area contributed by atoms with Gasteiger partial charge in [-0.05, 0) is 42.2 Å². The topological polar surface area (TPSA) is 38.3 Å². The average Bonchev–Trinajstić information content (AvgIpc) is 2.50.